The Hall–Kier alpha value is -4.19. The lowest BCUT2D eigenvalue weighted by atomic mass is 10.1. The molecule has 0 aliphatic carbocycles. The van der Waals surface area contributed by atoms with Crippen molar-refractivity contribution in [3.05, 3.63) is 90.6 Å². The zero-order valence-corrected chi connectivity index (χ0v) is 15.3. The Bertz CT molecular complexity index is 1140. The number of amides is 1. The number of benzene rings is 3. The first kappa shape index (κ1) is 18.2. The van der Waals surface area contributed by atoms with Gasteiger partial charge in [-0.3, -0.25) is 4.79 Å². The van der Waals surface area contributed by atoms with Crippen LogP contribution in [0.25, 0.3) is 22.5 Å². The molecule has 0 atom stereocenters. The van der Waals surface area contributed by atoms with E-state index in [1.54, 1.807) is 79.0 Å². The van der Waals surface area contributed by atoms with Crippen LogP contribution in [0.2, 0.25) is 0 Å². The van der Waals surface area contributed by atoms with Gasteiger partial charge in [-0.2, -0.15) is 0 Å². The highest BCUT2D eigenvalue weighted by atomic mass is 16.3. The van der Waals surface area contributed by atoms with Crippen LogP contribution < -0.4 is 5.32 Å². The minimum absolute atomic E-state index is 0.131. The predicted molar refractivity (Wildman–Crippen MR) is 111 cm³/mol. The fourth-order valence-electron chi connectivity index (χ4n) is 2.84. The van der Waals surface area contributed by atoms with E-state index < -0.39 is 0 Å². The van der Waals surface area contributed by atoms with Gasteiger partial charge >= 0.3 is 0 Å². The molecule has 6 heteroatoms. The molecule has 0 spiro atoms. The lowest BCUT2D eigenvalue weighted by Gasteiger charge is -2.12. The zero-order chi connectivity index (χ0) is 20.2. The van der Waals surface area contributed by atoms with E-state index in [2.05, 4.69) is 15.3 Å². The Kier molecular flexibility index (Phi) is 4.90. The van der Waals surface area contributed by atoms with E-state index in [-0.39, 0.29) is 17.4 Å². The SMILES string of the molecule is O=C(Nc1ncc(-c2ccc(O)cc2)nc1-c1ccc(O)cc1)c1ccccc1. The first-order valence-corrected chi connectivity index (χ1v) is 8.92. The summed E-state index contributed by atoms with van der Waals surface area (Å²) in [5, 5.41) is 21.9. The van der Waals surface area contributed by atoms with Gasteiger partial charge in [0.25, 0.3) is 5.91 Å². The average molecular weight is 383 g/mol. The van der Waals surface area contributed by atoms with Crippen LogP contribution in [0.3, 0.4) is 0 Å². The van der Waals surface area contributed by atoms with Gasteiger partial charge in [0.1, 0.15) is 17.2 Å². The molecular formula is C23H17N3O3. The highest BCUT2D eigenvalue weighted by Crippen LogP contribution is 2.29. The van der Waals surface area contributed by atoms with Gasteiger partial charge in [-0.25, -0.2) is 9.97 Å². The van der Waals surface area contributed by atoms with Gasteiger partial charge in [-0.15, -0.1) is 0 Å². The summed E-state index contributed by atoms with van der Waals surface area (Å²) in [7, 11) is 0. The summed E-state index contributed by atoms with van der Waals surface area (Å²) < 4.78 is 0. The molecule has 0 aliphatic rings. The van der Waals surface area contributed by atoms with Gasteiger partial charge in [0.15, 0.2) is 5.82 Å². The number of phenols is 2. The number of aromatic nitrogens is 2. The van der Waals surface area contributed by atoms with E-state index in [4.69, 9.17) is 0 Å². The number of aromatic hydroxyl groups is 2. The average Bonchev–Trinajstić information content (AvgIpc) is 2.76. The number of nitrogens with one attached hydrogen (secondary N) is 1. The Morgan fingerprint density at radius 1 is 0.759 bits per heavy atom. The van der Waals surface area contributed by atoms with Crippen LogP contribution in [0.1, 0.15) is 10.4 Å². The molecule has 6 nitrogen and oxygen atoms in total. The molecule has 0 bridgehead atoms. The monoisotopic (exact) mass is 383 g/mol. The van der Waals surface area contributed by atoms with Crippen molar-refractivity contribution in [3.8, 4) is 34.0 Å². The maximum Gasteiger partial charge on any atom is 0.256 e. The second-order valence-electron chi connectivity index (χ2n) is 6.37. The van der Waals surface area contributed by atoms with E-state index in [1.807, 2.05) is 6.07 Å². The number of carbonyl (C=O) groups is 1. The molecular weight excluding hydrogens is 366 g/mol. The number of nitrogens with zero attached hydrogens (tertiary/aromatic N) is 2. The van der Waals surface area contributed by atoms with Crippen molar-refractivity contribution >= 4 is 11.7 Å². The molecule has 4 aromatic rings. The fourth-order valence-corrected chi connectivity index (χ4v) is 2.84. The van der Waals surface area contributed by atoms with E-state index in [9.17, 15) is 15.0 Å². The number of rotatable bonds is 4. The van der Waals surface area contributed by atoms with Crippen molar-refractivity contribution in [3.63, 3.8) is 0 Å². The lowest BCUT2D eigenvalue weighted by Crippen LogP contribution is -2.14. The number of anilines is 1. The Morgan fingerprint density at radius 2 is 1.34 bits per heavy atom. The molecule has 3 aromatic carbocycles. The molecule has 1 heterocycles. The molecule has 0 fully saturated rings. The van der Waals surface area contributed by atoms with Crippen LogP contribution in [0.15, 0.2) is 85.1 Å². The standard InChI is InChI=1S/C23H17N3O3/c27-18-10-6-15(7-11-18)20-14-24-22(26-23(29)17-4-2-1-3-5-17)21(25-20)16-8-12-19(28)13-9-16/h1-14,27-28H,(H,24,26,29). The van der Waals surface area contributed by atoms with Crippen molar-refractivity contribution in [1.82, 2.24) is 9.97 Å². The third kappa shape index (κ3) is 4.06. The molecule has 0 aliphatic heterocycles. The van der Waals surface area contributed by atoms with Crippen molar-refractivity contribution in [2.75, 3.05) is 5.32 Å². The molecule has 0 unspecified atom stereocenters. The van der Waals surface area contributed by atoms with Gasteiger partial charge in [-0.05, 0) is 60.7 Å². The van der Waals surface area contributed by atoms with Gasteiger partial charge in [-0.1, -0.05) is 18.2 Å². The van der Waals surface area contributed by atoms with Crippen molar-refractivity contribution in [2.24, 2.45) is 0 Å². The molecule has 1 aromatic heterocycles. The summed E-state index contributed by atoms with van der Waals surface area (Å²) in [6.07, 6.45) is 1.57. The third-order valence-corrected chi connectivity index (χ3v) is 4.34. The van der Waals surface area contributed by atoms with Crippen LogP contribution in [0, 0.1) is 0 Å². The van der Waals surface area contributed by atoms with E-state index in [1.165, 1.54) is 0 Å². The summed E-state index contributed by atoms with van der Waals surface area (Å²) in [6, 6.07) is 22.0. The van der Waals surface area contributed by atoms with Crippen LogP contribution in [0.5, 0.6) is 11.5 Å². The van der Waals surface area contributed by atoms with E-state index in [0.717, 1.165) is 5.56 Å². The maximum atomic E-state index is 12.6. The van der Waals surface area contributed by atoms with E-state index >= 15 is 0 Å². The number of phenolic OH excluding ortho intramolecular Hbond substituents is 2. The second-order valence-corrected chi connectivity index (χ2v) is 6.37. The Balaban J connectivity index is 1.76. The van der Waals surface area contributed by atoms with Crippen LogP contribution in [-0.2, 0) is 0 Å². The molecule has 3 N–H and O–H groups in total. The Labute approximate surface area is 167 Å². The van der Waals surface area contributed by atoms with Gasteiger partial charge in [0.2, 0.25) is 0 Å². The van der Waals surface area contributed by atoms with Crippen LogP contribution in [-0.4, -0.2) is 26.1 Å². The number of hydrogen-bond donors (Lipinski definition) is 3. The zero-order valence-electron chi connectivity index (χ0n) is 15.3. The highest BCUT2D eigenvalue weighted by molar-refractivity contribution is 6.05. The number of carbonyl (C=O) groups excluding carboxylic acids is 1. The Morgan fingerprint density at radius 3 is 1.97 bits per heavy atom. The van der Waals surface area contributed by atoms with E-state index in [0.29, 0.717) is 28.3 Å². The topological polar surface area (TPSA) is 95.3 Å². The molecule has 0 saturated carbocycles. The lowest BCUT2D eigenvalue weighted by molar-refractivity contribution is 0.102. The minimum atomic E-state index is -0.294. The van der Waals surface area contributed by atoms with Gasteiger partial charge < -0.3 is 15.5 Å². The van der Waals surface area contributed by atoms with Gasteiger partial charge in [0, 0.05) is 16.7 Å². The third-order valence-electron chi connectivity index (χ3n) is 4.34. The molecule has 0 saturated heterocycles. The van der Waals surface area contributed by atoms with Crippen molar-refractivity contribution < 1.29 is 15.0 Å². The quantitative estimate of drug-likeness (QED) is 0.483. The first-order valence-electron chi connectivity index (χ1n) is 8.92. The largest absolute Gasteiger partial charge is 0.508 e. The smallest absolute Gasteiger partial charge is 0.256 e. The van der Waals surface area contributed by atoms with Crippen molar-refractivity contribution in [2.45, 2.75) is 0 Å². The van der Waals surface area contributed by atoms with Crippen LogP contribution >= 0.6 is 0 Å². The van der Waals surface area contributed by atoms with Crippen molar-refractivity contribution in [1.29, 1.82) is 0 Å². The summed E-state index contributed by atoms with van der Waals surface area (Å²) in [6.45, 7) is 0. The fraction of sp³-hybridized carbons (Fsp3) is 0. The van der Waals surface area contributed by atoms with Crippen LogP contribution in [0.4, 0.5) is 5.82 Å². The summed E-state index contributed by atoms with van der Waals surface area (Å²) in [5.74, 6) is 0.308. The normalized spacial score (nSPS) is 10.5. The maximum absolute atomic E-state index is 12.6. The highest BCUT2D eigenvalue weighted by Gasteiger charge is 2.15. The summed E-state index contributed by atoms with van der Waals surface area (Å²) >= 11 is 0. The molecule has 142 valence electrons. The minimum Gasteiger partial charge on any atom is -0.508 e. The number of hydrogen-bond acceptors (Lipinski definition) is 5. The first-order chi connectivity index (χ1) is 14.1. The molecule has 29 heavy (non-hydrogen) atoms. The van der Waals surface area contributed by atoms with Gasteiger partial charge in [0.05, 0.1) is 11.9 Å². The summed E-state index contributed by atoms with van der Waals surface area (Å²) in [5.41, 5.74) is 3.04. The molecule has 1 amide bonds. The predicted octanol–water partition coefficient (Wildman–Crippen LogP) is 4.47. The summed E-state index contributed by atoms with van der Waals surface area (Å²) in [4.78, 5) is 21.7. The second kappa shape index (κ2) is 7.82. The molecule has 0 radical (unpaired) electrons. The molecule has 4 rings (SSSR count).